The average Bonchev–Trinajstić information content (AvgIpc) is 2.76. The van der Waals surface area contributed by atoms with Crippen LogP contribution in [0.25, 0.3) is 0 Å². The fraction of sp³-hybridized carbons (Fsp3) is 0.409. The molecule has 8 heteroatoms. The van der Waals surface area contributed by atoms with Crippen LogP contribution in [0, 0.1) is 5.82 Å². The van der Waals surface area contributed by atoms with Gasteiger partial charge in [-0.2, -0.15) is 0 Å². The SMILES string of the molecule is CCNC(=NCc1cccc(OC)c1)NCc1ccc(N2CCOCC2)c(F)c1.I. The Kier molecular flexibility index (Phi) is 10.2. The summed E-state index contributed by atoms with van der Waals surface area (Å²) < 4.78 is 25.2. The largest absolute Gasteiger partial charge is 0.497 e. The number of aliphatic imine (C=N–C) groups is 1. The molecule has 0 radical (unpaired) electrons. The van der Waals surface area contributed by atoms with E-state index in [1.807, 2.05) is 48.2 Å². The van der Waals surface area contributed by atoms with Crippen LogP contribution in [0.4, 0.5) is 10.1 Å². The Morgan fingerprint density at radius 1 is 1.13 bits per heavy atom. The predicted octanol–water partition coefficient (Wildman–Crippen LogP) is 3.54. The molecule has 2 aromatic rings. The van der Waals surface area contributed by atoms with Gasteiger partial charge in [-0.15, -0.1) is 24.0 Å². The van der Waals surface area contributed by atoms with Crippen molar-refractivity contribution < 1.29 is 13.9 Å². The van der Waals surface area contributed by atoms with Crippen LogP contribution in [0.5, 0.6) is 5.75 Å². The van der Waals surface area contributed by atoms with Gasteiger partial charge in [0.05, 0.1) is 32.6 Å². The quantitative estimate of drug-likeness (QED) is 0.327. The number of guanidine groups is 1. The van der Waals surface area contributed by atoms with Crippen LogP contribution < -0.4 is 20.3 Å². The molecule has 0 saturated carbocycles. The van der Waals surface area contributed by atoms with E-state index in [0.29, 0.717) is 38.0 Å². The fourth-order valence-corrected chi connectivity index (χ4v) is 3.19. The average molecular weight is 528 g/mol. The highest BCUT2D eigenvalue weighted by molar-refractivity contribution is 14.0. The Balaban J connectivity index is 0.00000320. The second kappa shape index (κ2) is 12.6. The minimum absolute atomic E-state index is 0. The molecular formula is C22H30FIN4O2. The zero-order chi connectivity index (χ0) is 20.5. The Bertz CT molecular complexity index is 829. The summed E-state index contributed by atoms with van der Waals surface area (Å²) in [5, 5.41) is 6.49. The number of hydrogen-bond acceptors (Lipinski definition) is 4. The van der Waals surface area contributed by atoms with Gasteiger partial charge in [0, 0.05) is 26.2 Å². The molecule has 6 nitrogen and oxygen atoms in total. The van der Waals surface area contributed by atoms with E-state index in [-0.39, 0.29) is 29.8 Å². The van der Waals surface area contributed by atoms with Gasteiger partial charge in [0.1, 0.15) is 11.6 Å². The summed E-state index contributed by atoms with van der Waals surface area (Å²) in [5.41, 5.74) is 2.56. The van der Waals surface area contributed by atoms with E-state index in [2.05, 4.69) is 15.6 Å². The predicted molar refractivity (Wildman–Crippen MR) is 129 cm³/mol. The number of hydrogen-bond donors (Lipinski definition) is 2. The van der Waals surface area contributed by atoms with E-state index in [0.717, 1.165) is 36.5 Å². The van der Waals surface area contributed by atoms with Crippen molar-refractivity contribution in [3.63, 3.8) is 0 Å². The van der Waals surface area contributed by atoms with Crippen LogP contribution >= 0.6 is 24.0 Å². The summed E-state index contributed by atoms with van der Waals surface area (Å²) in [7, 11) is 1.65. The number of benzene rings is 2. The van der Waals surface area contributed by atoms with Crippen molar-refractivity contribution in [1.82, 2.24) is 10.6 Å². The Hall–Kier alpha value is -2.07. The third kappa shape index (κ3) is 7.02. The van der Waals surface area contributed by atoms with E-state index >= 15 is 0 Å². The molecule has 1 saturated heterocycles. The van der Waals surface area contributed by atoms with Gasteiger partial charge in [-0.05, 0) is 42.3 Å². The van der Waals surface area contributed by atoms with Gasteiger partial charge in [0.2, 0.25) is 0 Å². The molecule has 0 spiro atoms. The third-order valence-electron chi connectivity index (χ3n) is 4.72. The van der Waals surface area contributed by atoms with E-state index in [4.69, 9.17) is 9.47 Å². The smallest absolute Gasteiger partial charge is 0.191 e. The van der Waals surface area contributed by atoms with Gasteiger partial charge in [0.25, 0.3) is 0 Å². The minimum Gasteiger partial charge on any atom is -0.497 e. The third-order valence-corrected chi connectivity index (χ3v) is 4.72. The number of rotatable bonds is 7. The first kappa shape index (κ1) is 24.2. The van der Waals surface area contributed by atoms with Crippen molar-refractivity contribution in [2.24, 2.45) is 4.99 Å². The van der Waals surface area contributed by atoms with Gasteiger partial charge < -0.3 is 25.0 Å². The van der Waals surface area contributed by atoms with E-state index in [9.17, 15) is 4.39 Å². The number of methoxy groups -OCH3 is 1. The molecule has 1 aliphatic heterocycles. The summed E-state index contributed by atoms with van der Waals surface area (Å²) in [6.45, 7) is 6.48. The van der Waals surface area contributed by atoms with Gasteiger partial charge in [-0.25, -0.2) is 9.38 Å². The minimum atomic E-state index is -0.204. The van der Waals surface area contributed by atoms with E-state index in [1.54, 1.807) is 13.2 Å². The molecule has 0 atom stereocenters. The maximum absolute atomic E-state index is 14.6. The topological polar surface area (TPSA) is 58.1 Å². The molecular weight excluding hydrogens is 498 g/mol. The monoisotopic (exact) mass is 528 g/mol. The van der Waals surface area contributed by atoms with Crippen molar-refractivity contribution in [2.75, 3.05) is 44.9 Å². The molecule has 0 bridgehead atoms. The molecule has 2 aromatic carbocycles. The first-order valence-corrected chi connectivity index (χ1v) is 9.96. The van der Waals surface area contributed by atoms with Crippen LogP contribution in [-0.2, 0) is 17.8 Å². The van der Waals surface area contributed by atoms with Crippen LogP contribution in [0.2, 0.25) is 0 Å². The Morgan fingerprint density at radius 2 is 1.93 bits per heavy atom. The fourth-order valence-electron chi connectivity index (χ4n) is 3.19. The lowest BCUT2D eigenvalue weighted by Gasteiger charge is -2.29. The molecule has 1 heterocycles. The van der Waals surface area contributed by atoms with E-state index in [1.165, 1.54) is 0 Å². The maximum Gasteiger partial charge on any atom is 0.191 e. The molecule has 0 aliphatic carbocycles. The number of morpholine rings is 1. The lowest BCUT2D eigenvalue weighted by molar-refractivity contribution is 0.122. The van der Waals surface area contributed by atoms with Crippen molar-refractivity contribution in [1.29, 1.82) is 0 Å². The standard InChI is InChI=1S/C22H29FN4O2.HI/c1-3-24-22(25-15-17-5-4-6-19(13-17)28-2)26-16-18-7-8-21(20(23)14-18)27-9-11-29-12-10-27;/h4-8,13-14H,3,9-12,15-16H2,1-2H3,(H2,24,25,26);1H. The number of nitrogens with one attached hydrogen (secondary N) is 2. The van der Waals surface area contributed by atoms with Gasteiger partial charge in [-0.3, -0.25) is 0 Å². The van der Waals surface area contributed by atoms with Crippen LogP contribution in [0.1, 0.15) is 18.1 Å². The lowest BCUT2D eigenvalue weighted by atomic mass is 10.1. The van der Waals surface area contributed by atoms with Crippen molar-refractivity contribution in [3.8, 4) is 5.75 Å². The molecule has 0 unspecified atom stereocenters. The molecule has 3 rings (SSSR count). The second-order valence-electron chi connectivity index (χ2n) is 6.79. The molecule has 1 fully saturated rings. The highest BCUT2D eigenvalue weighted by atomic mass is 127. The van der Waals surface area contributed by atoms with Crippen LogP contribution in [0.15, 0.2) is 47.5 Å². The van der Waals surface area contributed by atoms with Gasteiger partial charge in [-0.1, -0.05) is 18.2 Å². The summed E-state index contributed by atoms with van der Waals surface area (Å²) in [6.07, 6.45) is 0. The molecule has 164 valence electrons. The normalized spacial score (nSPS) is 14.1. The summed E-state index contributed by atoms with van der Waals surface area (Å²) in [5.74, 6) is 1.30. The van der Waals surface area contributed by atoms with Crippen molar-refractivity contribution in [3.05, 3.63) is 59.4 Å². The lowest BCUT2D eigenvalue weighted by Crippen LogP contribution is -2.37. The highest BCUT2D eigenvalue weighted by Crippen LogP contribution is 2.21. The molecule has 1 aliphatic rings. The van der Waals surface area contributed by atoms with Gasteiger partial charge >= 0.3 is 0 Å². The zero-order valence-corrected chi connectivity index (χ0v) is 19.8. The van der Waals surface area contributed by atoms with Crippen molar-refractivity contribution in [2.45, 2.75) is 20.0 Å². The summed E-state index contributed by atoms with van der Waals surface area (Å²) >= 11 is 0. The second-order valence-corrected chi connectivity index (χ2v) is 6.79. The Morgan fingerprint density at radius 3 is 2.63 bits per heavy atom. The first-order chi connectivity index (χ1) is 14.2. The number of nitrogens with zero attached hydrogens (tertiary/aromatic N) is 2. The highest BCUT2D eigenvalue weighted by Gasteiger charge is 2.15. The Labute approximate surface area is 194 Å². The molecule has 0 aromatic heterocycles. The number of halogens is 2. The maximum atomic E-state index is 14.6. The number of anilines is 1. The van der Waals surface area contributed by atoms with E-state index < -0.39 is 0 Å². The van der Waals surface area contributed by atoms with Crippen molar-refractivity contribution >= 4 is 35.6 Å². The van der Waals surface area contributed by atoms with Gasteiger partial charge in [0.15, 0.2) is 5.96 Å². The molecule has 0 amide bonds. The summed E-state index contributed by atoms with van der Waals surface area (Å²) in [6, 6.07) is 13.2. The molecule has 2 N–H and O–H groups in total. The van der Waals surface area contributed by atoms with Crippen LogP contribution in [0.3, 0.4) is 0 Å². The molecule has 30 heavy (non-hydrogen) atoms. The van der Waals surface area contributed by atoms with Crippen LogP contribution in [-0.4, -0.2) is 45.9 Å². The number of ether oxygens (including phenoxy) is 2. The summed E-state index contributed by atoms with van der Waals surface area (Å²) in [4.78, 5) is 6.63. The zero-order valence-electron chi connectivity index (χ0n) is 17.5. The first-order valence-electron chi connectivity index (χ1n) is 9.96.